The predicted octanol–water partition coefficient (Wildman–Crippen LogP) is 5.91. The Hall–Kier alpha value is -3.82. The molecule has 0 aliphatic carbocycles. The zero-order valence-corrected chi connectivity index (χ0v) is 15.6. The van der Waals surface area contributed by atoms with Crippen molar-refractivity contribution in [1.82, 2.24) is 9.97 Å². The average molecular weight is 420 g/mol. The molecule has 0 unspecified atom stereocenters. The molecule has 3 aromatic rings. The number of ether oxygens (including phenoxy) is 2. The van der Waals surface area contributed by atoms with Crippen molar-refractivity contribution in [3.8, 4) is 11.5 Å². The van der Waals surface area contributed by atoms with Crippen LogP contribution in [0, 0.1) is 5.82 Å². The Labute approximate surface area is 169 Å². The minimum Gasteiger partial charge on any atom is -0.463 e. The van der Waals surface area contributed by atoms with Crippen LogP contribution < -0.4 is 20.1 Å². The molecule has 0 spiro atoms. The van der Waals surface area contributed by atoms with E-state index in [1.165, 1.54) is 12.1 Å². The van der Waals surface area contributed by atoms with E-state index in [-0.39, 0.29) is 17.5 Å². The highest BCUT2D eigenvalue weighted by atomic mass is 19.4. The zero-order chi connectivity index (χ0) is 21.7. The maximum Gasteiger partial charge on any atom is 0.573 e. The van der Waals surface area contributed by atoms with Crippen molar-refractivity contribution in [2.24, 2.45) is 0 Å². The van der Waals surface area contributed by atoms with E-state index in [0.717, 1.165) is 18.3 Å². The smallest absolute Gasteiger partial charge is 0.463 e. The molecule has 0 saturated carbocycles. The number of alkyl halides is 3. The van der Waals surface area contributed by atoms with E-state index >= 15 is 0 Å². The molecule has 0 aliphatic heterocycles. The molecular formula is C20H16F4N4O2. The van der Waals surface area contributed by atoms with Crippen molar-refractivity contribution >= 4 is 23.1 Å². The Morgan fingerprint density at radius 2 is 1.63 bits per heavy atom. The number of halogens is 4. The molecule has 1 heterocycles. The van der Waals surface area contributed by atoms with Crippen LogP contribution in [0.5, 0.6) is 11.5 Å². The number of nitrogens with one attached hydrogen (secondary N) is 2. The molecule has 0 atom stereocenters. The van der Waals surface area contributed by atoms with Gasteiger partial charge in [0, 0.05) is 23.5 Å². The number of anilines is 4. The topological polar surface area (TPSA) is 68.3 Å². The minimum absolute atomic E-state index is 0.0302. The number of benzene rings is 2. The molecule has 0 bridgehead atoms. The molecule has 10 heteroatoms. The number of hydrogen-bond donors (Lipinski definition) is 2. The van der Waals surface area contributed by atoms with E-state index in [2.05, 4.69) is 31.9 Å². The van der Waals surface area contributed by atoms with E-state index in [1.807, 2.05) is 0 Å². The van der Waals surface area contributed by atoms with Gasteiger partial charge in [0.25, 0.3) is 0 Å². The van der Waals surface area contributed by atoms with Crippen LogP contribution in [-0.4, -0.2) is 16.3 Å². The van der Waals surface area contributed by atoms with Gasteiger partial charge in [-0.25, -0.2) is 9.37 Å². The number of rotatable bonds is 7. The third-order valence-corrected chi connectivity index (χ3v) is 3.46. The van der Waals surface area contributed by atoms with Crippen LogP contribution in [0.4, 0.5) is 40.7 Å². The Bertz CT molecular complexity index is 1060. The van der Waals surface area contributed by atoms with Crippen LogP contribution in [0.15, 0.2) is 67.1 Å². The van der Waals surface area contributed by atoms with Gasteiger partial charge in [-0.3, -0.25) is 0 Å². The SMILES string of the molecule is C=C(C)Oc1cccc(Nc2nc(Nc3cccc(OC(F)(F)F)c3)ncc2F)c1. The van der Waals surface area contributed by atoms with Crippen molar-refractivity contribution in [3.63, 3.8) is 0 Å². The average Bonchev–Trinajstić information content (AvgIpc) is 2.63. The standard InChI is InChI=1S/C20H16F4N4O2/c1-12(2)29-15-7-3-5-13(9-15)26-18-17(21)11-25-19(28-18)27-14-6-4-8-16(10-14)30-20(22,23)24/h3-11H,1H2,2H3,(H2,25,26,27,28). The molecule has 1 aromatic heterocycles. The normalized spacial score (nSPS) is 11.0. The fraction of sp³-hybridized carbons (Fsp3) is 0.100. The van der Waals surface area contributed by atoms with Gasteiger partial charge in [-0.1, -0.05) is 18.7 Å². The summed E-state index contributed by atoms with van der Waals surface area (Å²) in [4.78, 5) is 7.83. The maximum absolute atomic E-state index is 14.1. The molecule has 0 saturated heterocycles. The van der Waals surface area contributed by atoms with Gasteiger partial charge < -0.3 is 20.1 Å². The highest BCUT2D eigenvalue weighted by molar-refractivity contribution is 5.61. The molecule has 3 rings (SSSR count). The van der Waals surface area contributed by atoms with Gasteiger partial charge in [0.15, 0.2) is 11.6 Å². The molecular weight excluding hydrogens is 404 g/mol. The molecule has 0 radical (unpaired) electrons. The third-order valence-electron chi connectivity index (χ3n) is 3.46. The summed E-state index contributed by atoms with van der Waals surface area (Å²) >= 11 is 0. The predicted molar refractivity (Wildman–Crippen MR) is 104 cm³/mol. The fourth-order valence-corrected chi connectivity index (χ4v) is 2.39. The fourth-order valence-electron chi connectivity index (χ4n) is 2.39. The Morgan fingerprint density at radius 3 is 2.30 bits per heavy atom. The van der Waals surface area contributed by atoms with Gasteiger partial charge in [0.05, 0.1) is 12.0 Å². The van der Waals surface area contributed by atoms with Gasteiger partial charge in [0.2, 0.25) is 5.95 Å². The van der Waals surface area contributed by atoms with Gasteiger partial charge in [-0.05, 0) is 31.2 Å². The van der Waals surface area contributed by atoms with Crippen molar-refractivity contribution in [3.05, 3.63) is 72.9 Å². The first kappa shape index (κ1) is 20.9. The van der Waals surface area contributed by atoms with Crippen molar-refractivity contribution in [2.75, 3.05) is 10.6 Å². The molecule has 0 aliphatic rings. The van der Waals surface area contributed by atoms with Crippen molar-refractivity contribution in [2.45, 2.75) is 13.3 Å². The van der Waals surface area contributed by atoms with E-state index < -0.39 is 17.9 Å². The number of hydrogen-bond acceptors (Lipinski definition) is 6. The Balaban J connectivity index is 1.78. The number of allylic oxidation sites excluding steroid dienone is 1. The van der Waals surface area contributed by atoms with Gasteiger partial charge in [-0.15, -0.1) is 13.2 Å². The van der Waals surface area contributed by atoms with E-state index in [9.17, 15) is 17.6 Å². The highest BCUT2D eigenvalue weighted by Gasteiger charge is 2.31. The lowest BCUT2D eigenvalue weighted by Crippen LogP contribution is -2.17. The van der Waals surface area contributed by atoms with Crippen LogP contribution in [0.2, 0.25) is 0 Å². The van der Waals surface area contributed by atoms with Crippen LogP contribution >= 0.6 is 0 Å². The first-order valence-corrected chi connectivity index (χ1v) is 8.54. The molecule has 2 N–H and O–H groups in total. The second-order valence-corrected chi connectivity index (χ2v) is 6.05. The lowest BCUT2D eigenvalue weighted by molar-refractivity contribution is -0.274. The van der Waals surface area contributed by atoms with Crippen molar-refractivity contribution < 1.29 is 27.0 Å². The second kappa shape index (κ2) is 8.68. The molecule has 6 nitrogen and oxygen atoms in total. The molecule has 0 amide bonds. The van der Waals surface area contributed by atoms with Crippen LogP contribution in [0.1, 0.15) is 6.92 Å². The summed E-state index contributed by atoms with van der Waals surface area (Å²) in [6.07, 6.45) is -3.88. The minimum atomic E-state index is -4.82. The lowest BCUT2D eigenvalue weighted by atomic mass is 10.3. The summed E-state index contributed by atoms with van der Waals surface area (Å²) < 4.78 is 60.5. The van der Waals surface area contributed by atoms with Crippen LogP contribution in [0.25, 0.3) is 0 Å². The van der Waals surface area contributed by atoms with Crippen LogP contribution in [0.3, 0.4) is 0 Å². The summed E-state index contributed by atoms with van der Waals surface area (Å²) in [5.74, 6) is -0.311. The molecule has 30 heavy (non-hydrogen) atoms. The first-order valence-electron chi connectivity index (χ1n) is 8.54. The van der Waals surface area contributed by atoms with Gasteiger partial charge in [-0.2, -0.15) is 4.98 Å². The monoisotopic (exact) mass is 420 g/mol. The highest BCUT2D eigenvalue weighted by Crippen LogP contribution is 2.27. The number of nitrogens with zero attached hydrogens (tertiary/aromatic N) is 2. The lowest BCUT2D eigenvalue weighted by Gasteiger charge is -2.12. The summed E-state index contributed by atoms with van der Waals surface area (Å²) in [6, 6.07) is 11.8. The molecule has 0 fully saturated rings. The van der Waals surface area contributed by atoms with Gasteiger partial charge in [0.1, 0.15) is 11.5 Å². The number of aromatic nitrogens is 2. The summed E-state index contributed by atoms with van der Waals surface area (Å²) in [7, 11) is 0. The van der Waals surface area contributed by atoms with E-state index in [1.54, 1.807) is 31.2 Å². The first-order chi connectivity index (χ1) is 14.2. The Kier molecular flexibility index (Phi) is 6.05. The third kappa shape index (κ3) is 6.09. The summed E-state index contributed by atoms with van der Waals surface area (Å²) in [5.41, 5.74) is 0.726. The van der Waals surface area contributed by atoms with Gasteiger partial charge >= 0.3 is 6.36 Å². The zero-order valence-electron chi connectivity index (χ0n) is 15.6. The largest absolute Gasteiger partial charge is 0.573 e. The Morgan fingerprint density at radius 1 is 1.00 bits per heavy atom. The quantitative estimate of drug-likeness (QED) is 0.366. The summed E-state index contributed by atoms with van der Waals surface area (Å²) in [5, 5.41) is 5.51. The van der Waals surface area contributed by atoms with Crippen molar-refractivity contribution in [1.29, 1.82) is 0 Å². The van der Waals surface area contributed by atoms with Crippen LogP contribution in [-0.2, 0) is 0 Å². The van der Waals surface area contributed by atoms with E-state index in [4.69, 9.17) is 4.74 Å². The van der Waals surface area contributed by atoms with E-state index in [0.29, 0.717) is 17.2 Å². The molecule has 2 aromatic carbocycles. The maximum atomic E-state index is 14.1. The molecule has 156 valence electrons. The second-order valence-electron chi connectivity index (χ2n) is 6.05. The summed E-state index contributed by atoms with van der Waals surface area (Å²) in [6.45, 7) is 5.34.